The third kappa shape index (κ3) is 1.97. The third-order valence-electron chi connectivity index (χ3n) is 3.51. The Labute approximate surface area is 109 Å². The molecule has 0 radical (unpaired) electrons. The maximum absolute atomic E-state index is 11.9. The van der Waals surface area contributed by atoms with Crippen LogP contribution in [-0.4, -0.2) is 23.2 Å². The number of H-pyrrole nitrogens is 1. The Balaban J connectivity index is 1.98. The van der Waals surface area contributed by atoms with E-state index < -0.39 is 0 Å². The van der Waals surface area contributed by atoms with Crippen LogP contribution in [0.3, 0.4) is 0 Å². The van der Waals surface area contributed by atoms with Gasteiger partial charge in [0.2, 0.25) is 0 Å². The van der Waals surface area contributed by atoms with E-state index in [2.05, 4.69) is 9.97 Å². The van der Waals surface area contributed by atoms with E-state index >= 15 is 0 Å². The van der Waals surface area contributed by atoms with E-state index in [1.54, 1.807) is 11.3 Å². The van der Waals surface area contributed by atoms with Crippen LogP contribution in [0.4, 0.5) is 0 Å². The average molecular weight is 264 g/mol. The van der Waals surface area contributed by atoms with Crippen molar-refractivity contribution >= 4 is 21.6 Å². The summed E-state index contributed by atoms with van der Waals surface area (Å²) in [7, 11) is 0. The average Bonchev–Trinajstić information content (AvgIpc) is 2.75. The first-order valence-corrected chi connectivity index (χ1v) is 7.17. The fourth-order valence-corrected chi connectivity index (χ4v) is 3.80. The molecular weight excluding hydrogens is 248 g/mol. The van der Waals surface area contributed by atoms with Crippen LogP contribution in [-0.2, 0) is 17.6 Å². The van der Waals surface area contributed by atoms with Gasteiger partial charge in [0.1, 0.15) is 4.83 Å². The molecule has 0 aliphatic heterocycles. The molecule has 0 aromatic carbocycles. The lowest BCUT2D eigenvalue weighted by atomic mass is 9.88. The highest BCUT2D eigenvalue weighted by Gasteiger charge is 2.24. The maximum atomic E-state index is 11.9. The van der Waals surface area contributed by atoms with Gasteiger partial charge in [0.05, 0.1) is 11.7 Å². The second-order valence-corrected chi connectivity index (χ2v) is 5.77. The minimum atomic E-state index is -0.00504. The first-order valence-electron chi connectivity index (χ1n) is 6.35. The van der Waals surface area contributed by atoms with Gasteiger partial charge in [-0.2, -0.15) is 0 Å². The van der Waals surface area contributed by atoms with Gasteiger partial charge in [-0.25, -0.2) is 4.98 Å². The molecule has 96 valence electrons. The van der Waals surface area contributed by atoms with E-state index in [1.165, 1.54) is 16.8 Å². The fraction of sp³-hybridized carbons (Fsp3) is 0.538. The maximum Gasteiger partial charge on any atom is 0.259 e. The van der Waals surface area contributed by atoms with E-state index in [4.69, 9.17) is 4.74 Å². The zero-order valence-electron chi connectivity index (χ0n) is 10.4. The van der Waals surface area contributed by atoms with Crippen molar-refractivity contribution in [3.8, 4) is 0 Å². The number of hydrogen-bond acceptors (Lipinski definition) is 4. The standard InChI is InChI=1S/C13H16N2O2S/c1-2-17-6-8-3-4-10-9(5-8)11-12(16)14-7-15-13(11)18-10/h7-8H,2-6H2,1H3,(H,14,15,16). The summed E-state index contributed by atoms with van der Waals surface area (Å²) in [6, 6.07) is 0. The quantitative estimate of drug-likeness (QED) is 0.924. The highest BCUT2D eigenvalue weighted by molar-refractivity contribution is 7.18. The van der Waals surface area contributed by atoms with Gasteiger partial charge in [-0.15, -0.1) is 11.3 Å². The molecule has 0 saturated heterocycles. The van der Waals surface area contributed by atoms with Gasteiger partial charge < -0.3 is 9.72 Å². The molecule has 18 heavy (non-hydrogen) atoms. The topological polar surface area (TPSA) is 55.0 Å². The van der Waals surface area contributed by atoms with Crippen molar-refractivity contribution in [1.82, 2.24) is 9.97 Å². The smallest absolute Gasteiger partial charge is 0.259 e. The Morgan fingerprint density at radius 2 is 2.50 bits per heavy atom. The number of aromatic amines is 1. The molecule has 5 heteroatoms. The monoisotopic (exact) mass is 264 g/mol. The summed E-state index contributed by atoms with van der Waals surface area (Å²) in [5.74, 6) is 0.537. The van der Waals surface area contributed by atoms with E-state index in [9.17, 15) is 4.79 Å². The van der Waals surface area contributed by atoms with Crippen molar-refractivity contribution in [2.24, 2.45) is 5.92 Å². The van der Waals surface area contributed by atoms with Crippen molar-refractivity contribution in [3.05, 3.63) is 27.1 Å². The lowest BCUT2D eigenvalue weighted by Gasteiger charge is -2.21. The first kappa shape index (κ1) is 11.9. The Hall–Kier alpha value is -1.20. The second-order valence-electron chi connectivity index (χ2n) is 4.68. The van der Waals surface area contributed by atoms with Crippen LogP contribution in [0.1, 0.15) is 23.8 Å². The number of rotatable bonds is 3. The number of hydrogen-bond donors (Lipinski definition) is 1. The highest BCUT2D eigenvalue weighted by atomic mass is 32.1. The summed E-state index contributed by atoms with van der Waals surface area (Å²) >= 11 is 1.67. The molecule has 1 atom stereocenters. The first-order chi connectivity index (χ1) is 8.79. The number of fused-ring (bicyclic) bond motifs is 3. The number of nitrogens with one attached hydrogen (secondary N) is 1. The van der Waals surface area contributed by atoms with Gasteiger partial charge in [0.15, 0.2) is 0 Å². The third-order valence-corrected chi connectivity index (χ3v) is 4.71. The molecule has 0 bridgehead atoms. The summed E-state index contributed by atoms with van der Waals surface area (Å²) < 4.78 is 5.51. The molecule has 4 nitrogen and oxygen atoms in total. The molecular formula is C13H16N2O2S. The van der Waals surface area contributed by atoms with Crippen LogP contribution in [0.5, 0.6) is 0 Å². The van der Waals surface area contributed by atoms with Crippen molar-refractivity contribution in [3.63, 3.8) is 0 Å². The zero-order chi connectivity index (χ0) is 12.5. The van der Waals surface area contributed by atoms with E-state index in [0.717, 1.165) is 42.7 Å². The van der Waals surface area contributed by atoms with Crippen LogP contribution in [0.25, 0.3) is 10.2 Å². The number of nitrogens with zero attached hydrogens (tertiary/aromatic N) is 1. The SMILES string of the molecule is CCOCC1CCc2sc3nc[nH]c(=O)c3c2C1. The summed E-state index contributed by atoms with van der Waals surface area (Å²) in [6.07, 6.45) is 4.64. The molecule has 0 spiro atoms. The minimum absolute atomic E-state index is 0.00504. The Morgan fingerprint density at radius 3 is 3.33 bits per heavy atom. The molecule has 2 heterocycles. The molecule has 0 saturated carbocycles. The highest BCUT2D eigenvalue weighted by Crippen LogP contribution is 2.35. The molecule has 3 rings (SSSR count). The van der Waals surface area contributed by atoms with Crippen LogP contribution >= 0.6 is 11.3 Å². The van der Waals surface area contributed by atoms with Crippen molar-refractivity contribution in [1.29, 1.82) is 0 Å². The van der Waals surface area contributed by atoms with Crippen molar-refractivity contribution in [2.75, 3.05) is 13.2 Å². The molecule has 1 unspecified atom stereocenters. The van der Waals surface area contributed by atoms with Crippen LogP contribution in [0, 0.1) is 5.92 Å². The lowest BCUT2D eigenvalue weighted by molar-refractivity contribution is 0.105. The minimum Gasteiger partial charge on any atom is -0.381 e. The molecule has 0 fully saturated rings. The predicted molar refractivity (Wildman–Crippen MR) is 72.2 cm³/mol. The van der Waals surface area contributed by atoms with Gasteiger partial charge in [-0.1, -0.05) is 0 Å². The molecule has 1 aliphatic carbocycles. The van der Waals surface area contributed by atoms with Gasteiger partial charge in [-0.3, -0.25) is 4.79 Å². The van der Waals surface area contributed by atoms with Crippen LogP contribution < -0.4 is 5.56 Å². The number of thiophene rings is 1. The normalized spacial score (nSPS) is 19.1. The van der Waals surface area contributed by atoms with Crippen LogP contribution in [0.15, 0.2) is 11.1 Å². The molecule has 2 aromatic rings. The van der Waals surface area contributed by atoms with E-state index in [1.807, 2.05) is 6.92 Å². The lowest BCUT2D eigenvalue weighted by Crippen LogP contribution is -2.19. The Bertz CT molecular complexity index is 617. The van der Waals surface area contributed by atoms with Gasteiger partial charge in [0.25, 0.3) is 5.56 Å². The predicted octanol–water partition coefficient (Wildman–Crippen LogP) is 2.13. The van der Waals surface area contributed by atoms with E-state index in [-0.39, 0.29) is 5.56 Å². The molecule has 1 aliphatic rings. The molecule has 1 N–H and O–H groups in total. The van der Waals surface area contributed by atoms with Gasteiger partial charge in [0, 0.05) is 18.1 Å². The fourth-order valence-electron chi connectivity index (χ4n) is 2.62. The second kappa shape index (κ2) is 4.82. The van der Waals surface area contributed by atoms with Crippen molar-refractivity contribution in [2.45, 2.75) is 26.2 Å². The van der Waals surface area contributed by atoms with Crippen molar-refractivity contribution < 1.29 is 4.74 Å². The Morgan fingerprint density at radius 1 is 1.61 bits per heavy atom. The summed E-state index contributed by atoms with van der Waals surface area (Å²) in [4.78, 5) is 21.1. The summed E-state index contributed by atoms with van der Waals surface area (Å²) in [5.41, 5.74) is 1.20. The number of ether oxygens (including phenoxy) is 1. The van der Waals surface area contributed by atoms with E-state index in [0.29, 0.717) is 5.92 Å². The van der Waals surface area contributed by atoms with Crippen LogP contribution in [0.2, 0.25) is 0 Å². The Kier molecular flexibility index (Phi) is 3.18. The molecule has 2 aromatic heterocycles. The largest absolute Gasteiger partial charge is 0.381 e. The summed E-state index contributed by atoms with van der Waals surface area (Å²) in [5, 5.41) is 0.804. The number of aromatic nitrogens is 2. The molecule has 0 amide bonds. The summed E-state index contributed by atoms with van der Waals surface area (Å²) in [6.45, 7) is 3.57. The van der Waals surface area contributed by atoms with Gasteiger partial charge >= 0.3 is 0 Å². The zero-order valence-corrected chi connectivity index (χ0v) is 11.2. The van der Waals surface area contributed by atoms with Gasteiger partial charge in [-0.05, 0) is 37.7 Å². The number of aryl methyl sites for hydroxylation is 1.